The molecule has 2 rings (SSSR count). The fourth-order valence-corrected chi connectivity index (χ4v) is 2.68. The highest BCUT2D eigenvalue weighted by molar-refractivity contribution is 7.99. The van der Waals surface area contributed by atoms with Crippen LogP contribution >= 0.6 is 11.8 Å². The number of carbonyl (C=O) groups excluding carboxylic acids is 1. The summed E-state index contributed by atoms with van der Waals surface area (Å²) in [7, 11) is 2.82. The van der Waals surface area contributed by atoms with Crippen LogP contribution in [-0.4, -0.2) is 25.1 Å². The van der Waals surface area contributed by atoms with Gasteiger partial charge >= 0.3 is 5.97 Å². The summed E-state index contributed by atoms with van der Waals surface area (Å²) in [4.78, 5) is 23.6. The first-order valence-corrected chi connectivity index (χ1v) is 7.05. The smallest absolute Gasteiger partial charge is 0.339 e. The summed E-state index contributed by atoms with van der Waals surface area (Å²) in [6.45, 7) is 0. The Kier molecular flexibility index (Phi) is 5.00. The summed E-state index contributed by atoms with van der Waals surface area (Å²) in [6.07, 6.45) is 0. The predicted molar refractivity (Wildman–Crippen MR) is 81.6 cm³/mol. The van der Waals surface area contributed by atoms with Crippen molar-refractivity contribution >= 4 is 23.4 Å². The van der Waals surface area contributed by atoms with E-state index in [1.54, 1.807) is 25.3 Å². The van der Waals surface area contributed by atoms with E-state index in [0.717, 1.165) is 10.6 Å². The van der Waals surface area contributed by atoms with Crippen LogP contribution in [0.5, 0.6) is 5.75 Å². The summed E-state index contributed by atoms with van der Waals surface area (Å²) in [6, 6.07) is 11.4. The molecule has 0 aromatic heterocycles. The van der Waals surface area contributed by atoms with Crippen LogP contribution in [-0.2, 0) is 4.74 Å². The molecule has 0 aliphatic rings. The lowest BCUT2D eigenvalue weighted by atomic mass is 10.2. The SMILES string of the molecule is COC(=O)c1cc([N+](=O)[O-])ccc1Sc1ccc(OC)cc1. The van der Waals surface area contributed by atoms with Crippen LogP contribution in [0.25, 0.3) is 0 Å². The number of rotatable bonds is 5. The Morgan fingerprint density at radius 3 is 2.36 bits per heavy atom. The van der Waals surface area contributed by atoms with Crippen LogP contribution < -0.4 is 4.74 Å². The molecule has 0 heterocycles. The van der Waals surface area contributed by atoms with Crippen LogP contribution in [0.1, 0.15) is 10.4 Å². The van der Waals surface area contributed by atoms with Crippen molar-refractivity contribution in [3.8, 4) is 5.75 Å². The van der Waals surface area contributed by atoms with Crippen LogP contribution in [0, 0.1) is 10.1 Å². The van der Waals surface area contributed by atoms with E-state index in [2.05, 4.69) is 0 Å². The number of nitro groups is 1. The number of methoxy groups -OCH3 is 2. The Labute approximate surface area is 131 Å². The largest absolute Gasteiger partial charge is 0.497 e. The van der Waals surface area contributed by atoms with E-state index in [-0.39, 0.29) is 11.3 Å². The Balaban J connectivity index is 2.36. The van der Waals surface area contributed by atoms with Crippen LogP contribution in [0.15, 0.2) is 52.3 Å². The van der Waals surface area contributed by atoms with Crippen molar-refractivity contribution < 1.29 is 19.2 Å². The minimum atomic E-state index is -0.611. The molecule has 0 saturated heterocycles. The molecule has 0 fully saturated rings. The highest BCUT2D eigenvalue weighted by atomic mass is 32.2. The van der Waals surface area contributed by atoms with E-state index >= 15 is 0 Å². The summed E-state index contributed by atoms with van der Waals surface area (Å²) in [5, 5.41) is 10.8. The number of non-ortho nitro benzene ring substituents is 1. The second-order valence-corrected chi connectivity index (χ2v) is 5.32. The maximum absolute atomic E-state index is 11.8. The van der Waals surface area contributed by atoms with E-state index in [1.807, 2.05) is 12.1 Å². The van der Waals surface area contributed by atoms with Crippen molar-refractivity contribution in [1.29, 1.82) is 0 Å². The molecular formula is C15H13NO5S. The summed E-state index contributed by atoms with van der Waals surface area (Å²) >= 11 is 1.32. The number of esters is 1. The number of nitrogens with zero attached hydrogens (tertiary/aromatic N) is 1. The molecular weight excluding hydrogens is 306 g/mol. The van der Waals surface area contributed by atoms with Gasteiger partial charge in [0.1, 0.15) is 5.75 Å². The number of hydrogen-bond acceptors (Lipinski definition) is 6. The zero-order chi connectivity index (χ0) is 16.1. The third kappa shape index (κ3) is 3.56. The van der Waals surface area contributed by atoms with E-state index in [1.165, 1.54) is 31.0 Å². The van der Waals surface area contributed by atoms with E-state index < -0.39 is 10.9 Å². The quantitative estimate of drug-likeness (QED) is 0.476. The molecule has 0 atom stereocenters. The second-order valence-electron chi connectivity index (χ2n) is 4.21. The summed E-state index contributed by atoms with van der Waals surface area (Å²) < 4.78 is 9.77. The highest BCUT2D eigenvalue weighted by Crippen LogP contribution is 2.33. The normalized spacial score (nSPS) is 10.1. The number of carbonyl (C=O) groups is 1. The average Bonchev–Trinajstić information content (AvgIpc) is 2.55. The third-order valence-corrected chi connectivity index (χ3v) is 3.95. The van der Waals surface area contributed by atoms with Gasteiger partial charge in [-0.2, -0.15) is 0 Å². The standard InChI is InChI=1S/C15H13NO5S/c1-20-11-4-6-12(7-5-11)22-14-8-3-10(16(18)19)9-13(14)15(17)21-2/h3-9H,1-2H3. The van der Waals surface area contributed by atoms with Crippen molar-refractivity contribution in [3.05, 3.63) is 58.1 Å². The minimum Gasteiger partial charge on any atom is -0.497 e. The molecule has 0 unspecified atom stereocenters. The number of nitro benzene ring substituents is 1. The Morgan fingerprint density at radius 2 is 1.82 bits per heavy atom. The molecule has 22 heavy (non-hydrogen) atoms. The van der Waals surface area contributed by atoms with Crippen LogP contribution in [0.2, 0.25) is 0 Å². The van der Waals surface area contributed by atoms with Gasteiger partial charge in [-0.3, -0.25) is 10.1 Å². The molecule has 0 bridgehead atoms. The Hall–Kier alpha value is -2.54. The van der Waals surface area contributed by atoms with Crippen molar-refractivity contribution in [2.45, 2.75) is 9.79 Å². The molecule has 0 N–H and O–H groups in total. The first-order valence-electron chi connectivity index (χ1n) is 6.24. The molecule has 2 aromatic carbocycles. The van der Waals surface area contributed by atoms with E-state index in [4.69, 9.17) is 9.47 Å². The van der Waals surface area contributed by atoms with Gasteiger partial charge in [0.15, 0.2) is 0 Å². The molecule has 0 spiro atoms. The zero-order valence-corrected chi connectivity index (χ0v) is 12.8. The molecule has 6 nitrogen and oxygen atoms in total. The highest BCUT2D eigenvalue weighted by Gasteiger charge is 2.18. The fourth-order valence-electron chi connectivity index (χ4n) is 1.76. The van der Waals surface area contributed by atoms with E-state index in [0.29, 0.717) is 4.90 Å². The molecule has 0 aliphatic heterocycles. The molecule has 0 saturated carbocycles. The van der Waals surface area contributed by atoms with Gasteiger partial charge in [0.05, 0.1) is 24.7 Å². The van der Waals surface area contributed by atoms with E-state index in [9.17, 15) is 14.9 Å². The molecule has 2 aromatic rings. The summed E-state index contributed by atoms with van der Waals surface area (Å²) in [5.74, 6) is 0.112. The maximum Gasteiger partial charge on any atom is 0.339 e. The van der Waals surface area contributed by atoms with Gasteiger partial charge in [-0.15, -0.1) is 0 Å². The first kappa shape index (κ1) is 15.8. The van der Waals surface area contributed by atoms with Gasteiger partial charge in [-0.25, -0.2) is 4.79 Å². The molecule has 7 heteroatoms. The lowest BCUT2D eigenvalue weighted by molar-refractivity contribution is -0.384. The van der Waals surface area contributed by atoms with Gasteiger partial charge in [0.2, 0.25) is 0 Å². The monoisotopic (exact) mass is 319 g/mol. The Morgan fingerprint density at radius 1 is 1.14 bits per heavy atom. The lowest BCUT2D eigenvalue weighted by Gasteiger charge is -2.08. The lowest BCUT2D eigenvalue weighted by Crippen LogP contribution is -2.04. The average molecular weight is 319 g/mol. The number of benzene rings is 2. The zero-order valence-electron chi connectivity index (χ0n) is 11.9. The third-order valence-electron chi connectivity index (χ3n) is 2.87. The molecule has 0 aliphatic carbocycles. The molecule has 0 amide bonds. The van der Waals surface area contributed by atoms with Gasteiger partial charge < -0.3 is 9.47 Å². The van der Waals surface area contributed by atoms with Gasteiger partial charge in [-0.05, 0) is 30.3 Å². The van der Waals surface area contributed by atoms with Gasteiger partial charge in [0.25, 0.3) is 5.69 Å². The minimum absolute atomic E-state index is 0.153. The maximum atomic E-state index is 11.8. The number of hydrogen-bond donors (Lipinski definition) is 0. The van der Waals surface area contributed by atoms with Gasteiger partial charge in [0, 0.05) is 21.9 Å². The molecule has 114 valence electrons. The topological polar surface area (TPSA) is 78.7 Å². The predicted octanol–water partition coefficient (Wildman–Crippen LogP) is 3.54. The second kappa shape index (κ2) is 6.95. The van der Waals surface area contributed by atoms with Crippen molar-refractivity contribution in [2.75, 3.05) is 14.2 Å². The van der Waals surface area contributed by atoms with Crippen molar-refractivity contribution in [1.82, 2.24) is 0 Å². The summed E-state index contributed by atoms with van der Waals surface area (Å²) in [5.41, 5.74) is 0.0111. The first-order chi connectivity index (χ1) is 10.5. The van der Waals surface area contributed by atoms with Crippen molar-refractivity contribution in [2.24, 2.45) is 0 Å². The number of ether oxygens (including phenoxy) is 2. The molecule has 0 radical (unpaired) electrons. The fraction of sp³-hybridized carbons (Fsp3) is 0.133. The van der Waals surface area contributed by atoms with Crippen molar-refractivity contribution in [3.63, 3.8) is 0 Å². The van der Waals surface area contributed by atoms with Crippen LogP contribution in [0.3, 0.4) is 0 Å². The van der Waals surface area contributed by atoms with Crippen LogP contribution in [0.4, 0.5) is 5.69 Å². The van der Waals surface area contributed by atoms with Gasteiger partial charge in [-0.1, -0.05) is 11.8 Å². The Bertz CT molecular complexity index is 700.